The highest BCUT2D eigenvalue weighted by Crippen LogP contribution is 2.18. The molecule has 0 saturated carbocycles. The second kappa shape index (κ2) is 5.60. The van der Waals surface area contributed by atoms with Gasteiger partial charge in [0.25, 0.3) is 0 Å². The number of nitrogens with one attached hydrogen (secondary N) is 1. The van der Waals surface area contributed by atoms with Crippen molar-refractivity contribution in [1.82, 2.24) is 9.71 Å². The van der Waals surface area contributed by atoms with Crippen LogP contribution in [-0.4, -0.2) is 13.4 Å². The van der Waals surface area contributed by atoms with Gasteiger partial charge in [0.15, 0.2) is 0 Å². The molecule has 0 fully saturated rings. The Morgan fingerprint density at radius 2 is 1.95 bits per heavy atom. The van der Waals surface area contributed by atoms with E-state index in [4.69, 9.17) is 5.73 Å². The number of aryl methyl sites for hydroxylation is 2. The fourth-order valence-electron chi connectivity index (χ4n) is 1.93. The average molecular weight is 291 g/mol. The van der Waals surface area contributed by atoms with E-state index >= 15 is 0 Å². The summed E-state index contributed by atoms with van der Waals surface area (Å²) in [6, 6.07) is 6.55. The summed E-state index contributed by atoms with van der Waals surface area (Å²) in [5, 5.41) is 0. The first-order valence-electron chi connectivity index (χ1n) is 6.15. The molecule has 0 aliphatic heterocycles. The zero-order valence-corrected chi connectivity index (χ0v) is 12.2. The van der Waals surface area contributed by atoms with Crippen molar-refractivity contribution in [2.45, 2.75) is 25.3 Å². The highest BCUT2D eigenvalue weighted by molar-refractivity contribution is 7.89. The molecule has 0 unspecified atom stereocenters. The Morgan fingerprint density at radius 1 is 1.20 bits per heavy atom. The summed E-state index contributed by atoms with van der Waals surface area (Å²) in [4.78, 5) is 4.23. The first kappa shape index (κ1) is 14.5. The van der Waals surface area contributed by atoms with Crippen LogP contribution in [0.5, 0.6) is 0 Å². The molecule has 2 aromatic rings. The van der Waals surface area contributed by atoms with E-state index in [1.807, 2.05) is 6.92 Å². The lowest BCUT2D eigenvalue weighted by Gasteiger charge is -2.11. The van der Waals surface area contributed by atoms with Gasteiger partial charge in [0.2, 0.25) is 10.0 Å². The van der Waals surface area contributed by atoms with Crippen LogP contribution in [0, 0.1) is 13.8 Å². The molecule has 0 aliphatic rings. The Balaban J connectivity index is 2.22. The number of sulfonamides is 1. The van der Waals surface area contributed by atoms with Gasteiger partial charge in [-0.1, -0.05) is 0 Å². The van der Waals surface area contributed by atoms with Gasteiger partial charge in [-0.15, -0.1) is 0 Å². The van der Waals surface area contributed by atoms with Crippen LogP contribution in [0.25, 0.3) is 0 Å². The molecule has 1 aromatic carbocycles. The van der Waals surface area contributed by atoms with Gasteiger partial charge >= 0.3 is 0 Å². The van der Waals surface area contributed by atoms with Crippen LogP contribution in [0.2, 0.25) is 0 Å². The molecule has 3 N–H and O–H groups in total. The third-order valence-electron chi connectivity index (χ3n) is 3.08. The van der Waals surface area contributed by atoms with E-state index in [1.165, 1.54) is 6.07 Å². The van der Waals surface area contributed by atoms with Crippen LogP contribution in [0.15, 0.2) is 41.6 Å². The fourth-order valence-corrected chi connectivity index (χ4v) is 3.16. The second-order valence-corrected chi connectivity index (χ2v) is 6.39. The zero-order valence-electron chi connectivity index (χ0n) is 11.4. The lowest BCUT2D eigenvalue weighted by molar-refractivity contribution is 0.580. The van der Waals surface area contributed by atoms with Gasteiger partial charge in [-0.2, -0.15) is 0 Å². The Hall–Kier alpha value is -1.92. The number of hydrogen-bond acceptors (Lipinski definition) is 4. The molecule has 20 heavy (non-hydrogen) atoms. The van der Waals surface area contributed by atoms with Crippen molar-refractivity contribution in [3.05, 3.63) is 53.3 Å². The molecule has 2 rings (SSSR count). The molecule has 0 aliphatic carbocycles. The van der Waals surface area contributed by atoms with E-state index in [1.54, 1.807) is 37.5 Å². The number of hydrogen-bond donors (Lipinski definition) is 2. The SMILES string of the molecule is Cc1cnccc1CNS(=O)(=O)c1ccc(N)cc1C. The van der Waals surface area contributed by atoms with E-state index in [0.29, 0.717) is 11.3 Å². The fraction of sp³-hybridized carbons (Fsp3) is 0.214. The van der Waals surface area contributed by atoms with Crippen molar-refractivity contribution in [2.75, 3.05) is 5.73 Å². The number of aromatic nitrogens is 1. The third-order valence-corrected chi connectivity index (χ3v) is 4.64. The van der Waals surface area contributed by atoms with Gasteiger partial charge in [-0.25, -0.2) is 13.1 Å². The van der Waals surface area contributed by atoms with Crippen molar-refractivity contribution in [3.63, 3.8) is 0 Å². The van der Waals surface area contributed by atoms with E-state index in [0.717, 1.165) is 11.1 Å². The van der Waals surface area contributed by atoms with Crippen molar-refractivity contribution >= 4 is 15.7 Å². The number of nitrogen functional groups attached to an aromatic ring is 1. The number of anilines is 1. The van der Waals surface area contributed by atoms with Gasteiger partial charge in [-0.3, -0.25) is 4.98 Å². The van der Waals surface area contributed by atoms with Crippen molar-refractivity contribution < 1.29 is 8.42 Å². The van der Waals surface area contributed by atoms with Crippen LogP contribution in [-0.2, 0) is 16.6 Å². The van der Waals surface area contributed by atoms with Gasteiger partial charge in [0.05, 0.1) is 4.90 Å². The number of nitrogens with two attached hydrogens (primary N) is 1. The molecular weight excluding hydrogens is 274 g/mol. The van der Waals surface area contributed by atoms with E-state index < -0.39 is 10.0 Å². The topological polar surface area (TPSA) is 85.1 Å². The summed E-state index contributed by atoms with van der Waals surface area (Å²) >= 11 is 0. The van der Waals surface area contributed by atoms with Crippen LogP contribution >= 0.6 is 0 Å². The Labute approximate surface area is 118 Å². The molecule has 0 saturated heterocycles. The first-order valence-corrected chi connectivity index (χ1v) is 7.64. The van der Waals surface area contributed by atoms with E-state index in [-0.39, 0.29) is 11.4 Å². The second-order valence-electron chi connectivity index (χ2n) is 4.65. The largest absolute Gasteiger partial charge is 0.399 e. The van der Waals surface area contributed by atoms with Crippen LogP contribution in [0.4, 0.5) is 5.69 Å². The predicted molar refractivity (Wildman–Crippen MR) is 78.6 cm³/mol. The minimum absolute atomic E-state index is 0.237. The smallest absolute Gasteiger partial charge is 0.241 e. The van der Waals surface area contributed by atoms with Crippen molar-refractivity contribution in [2.24, 2.45) is 0 Å². The van der Waals surface area contributed by atoms with Crippen LogP contribution in [0.3, 0.4) is 0 Å². The minimum atomic E-state index is -3.55. The maximum absolute atomic E-state index is 12.3. The minimum Gasteiger partial charge on any atom is -0.399 e. The van der Waals surface area contributed by atoms with Crippen LogP contribution in [0.1, 0.15) is 16.7 Å². The molecule has 0 spiro atoms. The standard InChI is InChI=1S/C14H17N3O2S/c1-10-7-13(15)3-4-14(10)20(18,19)17-9-12-5-6-16-8-11(12)2/h3-8,17H,9,15H2,1-2H3. The molecule has 1 heterocycles. The lowest BCUT2D eigenvalue weighted by atomic mass is 10.2. The Bertz CT molecular complexity index is 727. The summed E-state index contributed by atoms with van der Waals surface area (Å²) in [7, 11) is -3.55. The van der Waals surface area contributed by atoms with Gasteiger partial charge in [0.1, 0.15) is 0 Å². The Morgan fingerprint density at radius 3 is 2.60 bits per heavy atom. The van der Waals surface area contributed by atoms with Gasteiger partial charge in [0, 0.05) is 24.6 Å². The summed E-state index contributed by atoms with van der Waals surface area (Å²) < 4.78 is 27.2. The maximum Gasteiger partial charge on any atom is 0.241 e. The molecule has 0 bridgehead atoms. The van der Waals surface area contributed by atoms with Crippen LogP contribution < -0.4 is 10.5 Å². The third kappa shape index (κ3) is 3.15. The summed E-state index contributed by atoms with van der Waals surface area (Å²) in [6.45, 7) is 3.86. The van der Waals surface area contributed by atoms with Crippen molar-refractivity contribution in [1.29, 1.82) is 0 Å². The molecular formula is C14H17N3O2S. The van der Waals surface area contributed by atoms with Crippen molar-refractivity contribution in [3.8, 4) is 0 Å². The summed E-state index contributed by atoms with van der Waals surface area (Å²) in [5.41, 5.74) is 8.66. The predicted octanol–water partition coefficient (Wildman–Crippen LogP) is 1.76. The monoisotopic (exact) mass is 291 g/mol. The number of benzene rings is 1. The quantitative estimate of drug-likeness (QED) is 0.841. The molecule has 0 amide bonds. The molecule has 5 nitrogen and oxygen atoms in total. The number of nitrogens with zero attached hydrogens (tertiary/aromatic N) is 1. The van der Waals surface area contributed by atoms with Gasteiger partial charge in [-0.05, 0) is 54.8 Å². The zero-order chi connectivity index (χ0) is 14.8. The summed E-state index contributed by atoms with van der Waals surface area (Å²) in [6.07, 6.45) is 3.35. The van der Waals surface area contributed by atoms with E-state index in [9.17, 15) is 8.42 Å². The molecule has 0 radical (unpaired) electrons. The number of pyridine rings is 1. The van der Waals surface area contributed by atoms with E-state index in [2.05, 4.69) is 9.71 Å². The molecule has 6 heteroatoms. The average Bonchev–Trinajstić information content (AvgIpc) is 2.37. The highest BCUT2D eigenvalue weighted by Gasteiger charge is 2.16. The lowest BCUT2D eigenvalue weighted by Crippen LogP contribution is -2.24. The maximum atomic E-state index is 12.3. The van der Waals surface area contributed by atoms with Gasteiger partial charge < -0.3 is 5.73 Å². The molecule has 1 aromatic heterocycles. The normalized spacial score (nSPS) is 11.5. The Kier molecular flexibility index (Phi) is 4.06. The summed E-state index contributed by atoms with van der Waals surface area (Å²) in [5.74, 6) is 0. The molecule has 0 atom stereocenters. The first-order chi connectivity index (χ1) is 9.40. The number of rotatable bonds is 4. The molecule has 106 valence electrons. The highest BCUT2D eigenvalue weighted by atomic mass is 32.2.